The van der Waals surface area contributed by atoms with Gasteiger partial charge >= 0.3 is 6.18 Å². The van der Waals surface area contributed by atoms with Crippen molar-refractivity contribution in [3.05, 3.63) is 36.2 Å². The highest BCUT2D eigenvalue weighted by atomic mass is 19.4. The molecule has 2 aromatic rings. The quantitative estimate of drug-likeness (QED) is 0.892. The van der Waals surface area contributed by atoms with Crippen LogP contribution in [0.3, 0.4) is 0 Å². The Morgan fingerprint density at radius 2 is 2.04 bits per heavy atom. The SMILES string of the molecule is CCn1ccnc1[C@@H](Nc1nccc(C(F)(F)F)n1)C1CCOCC1. The Bertz CT molecular complexity index is 697. The Kier molecular flexibility index (Phi) is 5.22. The summed E-state index contributed by atoms with van der Waals surface area (Å²) in [6, 6.07) is 0.587. The van der Waals surface area contributed by atoms with Crippen LogP contribution >= 0.6 is 0 Å². The van der Waals surface area contributed by atoms with E-state index in [0.717, 1.165) is 37.5 Å². The van der Waals surface area contributed by atoms with E-state index in [4.69, 9.17) is 4.74 Å². The molecule has 1 atom stereocenters. The third-order valence-electron chi connectivity index (χ3n) is 4.33. The number of aryl methyl sites for hydroxylation is 1. The maximum absolute atomic E-state index is 12.9. The molecule has 0 spiro atoms. The standard InChI is InChI=1S/C16H20F3N5O/c1-2-24-8-7-20-14(24)13(11-4-9-25-10-5-11)23-15-21-6-3-12(22-15)16(17,18)19/h3,6-8,11,13H,2,4-5,9-10H2,1H3,(H,21,22,23)/t13-/m0/s1. The number of ether oxygens (including phenoxy) is 1. The van der Waals surface area contributed by atoms with Gasteiger partial charge in [-0.3, -0.25) is 0 Å². The number of halogens is 3. The van der Waals surface area contributed by atoms with Crippen LogP contribution in [0.2, 0.25) is 0 Å². The molecule has 136 valence electrons. The highest BCUT2D eigenvalue weighted by Crippen LogP contribution is 2.33. The number of rotatable bonds is 5. The number of alkyl halides is 3. The molecule has 0 bridgehead atoms. The first-order valence-corrected chi connectivity index (χ1v) is 8.24. The van der Waals surface area contributed by atoms with Gasteiger partial charge in [0.25, 0.3) is 0 Å². The molecular formula is C16H20F3N5O. The number of nitrogens with one attached hydrogen (secondary N) is 1. The molecule has 1 aliphatic rings. The number of aromatic nitrogens is 4. The van der Waals surface area contributed by atoms with Gasteiger partial charge < -0.3 is 14.6 Å². The summed E-state index contributed by atoms with van der Waals surface area (Å²) in [4.78, 5) is 12.0. The van der Waals surface area contributed by atoms with Crippen LogP contribution < -0.4 is 5.32 Å². The Hall–Kier alpha value is -2.16. The molecule has 2 aromatic heterocycles. The van der Waals surface area contributed by atoms with E-state index in [-0.39, 0.29) is 17.9 Å². The number of nitrogens with zero attached hydrogens (tertiary/aromatic N) is 4. The number of hydrogen-bond donors (Lipinski definition) is 1. The summed E-state index contributed by atoms with van der Waals surface area (Å²) >= 11 is 0. The van der Waals surface area contributed by atoms with Crippen LogP contribution in [0, 0.1) is 5.92 Å². The molecule has 0 amide bonds. The monoisotopic (exact) mass is 355 g/mol. The number of imidazole rings is 1. The van der Waals surface area contributed by atoms with Crippen LogP contribution in [-0.4, -0.2) is 32.7 Å². The van der Waals surface area contributed by atoms with Gasteiger partial charge in [-0.05, 0) is 31.7 Å². The lowest BCUT2D eigenvalue weighted by Crippen LogP contribution is -2.30. The first-order chi connectivity index (χ1) is 12.0. The molecule has 3 rings (SSSR count). The predicted molar refractivity (Wildman–Crippen MR) is 84.8 cm³/mol. The Labute approximate surface area is 143 Å². The highest BCUT2D eigenvalue weighted by molar-refractivity contribution is 5.30. The van der Waals surface area contributed by atoms with Gasteiger partial charge in [-0.1, -0.05) is 0 Å². The second kappa shape index (κ2) is 7.38. The number of hydrogen-bond acceptors (Lipinski definition) is 5. The minimum absolute atomic E-state index is 0.0445. The van der Waals surface area contributed by atoms with Crippen molar-refractivity contribution in [2.75, 3.05) is 18.5 Å². The predicted octanol–water partition coefficient (Wildman–Crippen LogP) is 3.29. The summed E-state index contributed by atoms with van der Waals surface area (Å²) in [5.41, 5.74) is -0.963. The lowest BCUT2D eigenvalue weighted by Gasteiger charge is -2.31. The van der Waals surface area contributed by atoms with Crippen molar-refractivity contribution in [3.63, 3.8) is 0 Å². The molecule has 1 saturated heterocycles. The fourth-order valence-electron chi connectivity index (χ4n) is 3.03. The molecule has 0 unspecified atom stereocenters. The molecule has 3 heterocycles. The zero-order valence-corrected chi connectivity index (χ0v) is 13.8. The van der Waals surface area contributed by atoms with Crippen molar-refractivity contribution in [1.82, 2.24) is 19.5 Å². The van der Waals surface area contributed by atoms with Crippen molar-refractivity contribution < 1.29 is 17.9 Å². The zero-order chi connectivity index (χ0) is 17.9. The van der Waals surface area contributed by atoms with Crippen molar-refractivity contribution in [3.8, 4) is 0 Å². The molecule has 6 nitrogen and oxygen atoms in total. The van der Waals surface area contributed by atoms with E-state index in [1.807, 2.05) is 17.7 Å². The summed E-state index contributed by atoms with van der Waals surface area (Å²) in [7, 11) is 0. The van der Waals surface area contributed by atoms with Crippen molar-refractivity contribution in [2.24, 2.45) is 5.92 Å². The summed E-state index contributed by atoms with van der Waals surface area (Å²) in [6.07, 6.45) is 1.76. The van der Waals surface area contributed by atoms with E-state index >= 15 is 0 Å². The molecule has 25 heavy (non-hydrogen) atoms. The normalized spacial score (nSPS) is 17.4. The third-order valence-corrected chi connectivity index (χ3v) is 4.33. The maximum atomic E-state index is 12.9. The van der Waals surface area contributed by atoms with E-state index in [0.29, 0.717) is 13.2 Å². The molecule has 1 aliphatic heterocycles. The largest absolute Gasteiger partial charge is 0.433 e. The van der Waals surface area contributed by atoms with Gasteiger partial charge in [0.15, 0.2) is 0 Å². The maximum Gasteiger partial charge on any atom is 0.433 e. The molecule has 0 aromatic carbocycles. The third kappa shape index (κ3) is 4.09. The summed E-state index contributed by atoms with van der Waals surface area (Å²) in [5.74, 6) is 0.909. The zero-order valence-electron chi connectivity index (χ0n) is 13.8. The topological polar surface area (TPSA) is 64.9 Å². The molecule has 1 N–H and O–H groups in total. The fraction of sp³-hybridized carbons (Fsp3) is 0.562. The minimum atomic E-state index is -4.50. The van der Waals surface area contributed by atoms with E-state index < -0.39 is 11.9 Å². The van der Waals surface area contributed by atoms with Crippen LogP contribution in [0.25, 0.3) is 0 Å². The van der Waals surface area contributed by atoms with Gasteiger partial charge in [0, 0.05) is 38.3 Å². The Morgan fingerprint density at radius 3 is 2.72 bits per heavy atom. The van der Waals surface area contributed by atoms with Crippen LogP contribution in [0.15, 0.2) is 24.7 Å². The second-order valence-electron chi connectivity index (χ2n) is 5.91. The summed E-state index contributed by atoms with van der Waals surface area (Å²) in [5, 5.41) is 3.08. The van der Waals surface area contributed by atoms with Gasteiger partial charge in [-0.25, -0.2) is 15.0 Å². The lowest BCUT2D eigenvalue weighted by atomic mass is 9.91. The molecule has 0 radical (unpaired) electrons. The molecule has 0 aliphatic carbocycles. The van der Waals surface area contributed by atoms with Crippen molar-refractivity contribution in [2.45, 2.75) is 38.5 Å². The molecular weight excluding hydrogens is 335 g/mol. The summed E-state index contributed by atoms with van der Waals surface area (Å²) < 4.78 is 46.1. The average Bonchev–Trinajstić information content (AvgIpc) is 3.08. The van der Waals surface area contributed by atoms with E-state index in [9.17, 15) is 13.2 Å². The average molecular weight is 355 g/mol. The molecule has 1 fully saturated rings. The first kappa shape index (κ1) is 17.7. The fourth-order valence-corrected chi connectivity index (χ4v) is 3.03. The van der Waals surface area contributed by atoms with Crippen LogP contribution in [-0.2, 0) is 17.5 Å². The second-order valence-corrected chi connectivity index (χ2v) is 5.91. The van der Waals surface area contributed by atoms with E-state index in [1.165, 1.54) is 0 Å². The number of anilines is 1. The van der Waals surface area contributed by atoms with Crippen molar-refractivity contribution >= 4 is 5.95 Å². The van der Waals surface area contributed by atoms with Gasteiger partial charge in [-0.15, -0.1) is 0 Å². The minimum Gasteiger partial charge on any atom is -0.381 e. The Balaban J connectivity index is 1.90. The summed E-state index contributed by atoms with van der Waals surface area (Å²) in [6.45, 7) is 3.96. The van der Waals surface area contributed by atoms with Gasteiger partial charge in [0.05, 0.1) is 6.04 Å². The van der Waals surface area contributed by atoms with Gasteiger partial charge in [-0.2, -0.15) is 13.2 Å². The Morgan fingerprint density at radius 1 is 1.28 bits per heavy atom. The van der Waals surface area contributed by atoms with E-state index in [1.54, 1.807) is 6.20 Å². The van der Waals surface area contributed by atoms with E-state index in [2.05, 4.69) is 20.3 Å². The smallest absolute Gasteiger partial charge is 0.381 e. The van der Waals surface area contributed by atoms with Gasteiger partial charge in [0.1, 0.15) is 11.5 Å². The van der Waals surface area contributed by atoms with Gasteiger partial charge in [0.2, 0.25) is 5.95 Å². The molecule has 9 heteroatoms. The highest BCUT2D eigenvalue weighted by Gasteiger charge is 2.34. The van der Waals surface area contributed by atoms with Crippen LogP contribution in [0.4, 0.5) is 19.1 Å². The van der Waals surface area contributed by atoms with Crippen LogP contribution in [0.5, 0.6) is 0 Å². The molecule has 0 saturated carbocycles. The first-order valence-electron chi connectivity index (χ1n) is 8.24. The van der Waals surface area contributed by atoms with Crippen molar-refractivity contribution in [1.29, 1.82) is 0 Å². The van der Waals surface area contributed by atoms with Crippen LogP contribution in [0.1, 0.15) is 37.3 Å². The lowest BCUT2D eigenvalue weighted by molar-refractivity contribution is -0.141.